The lowest BCUT2D eigenvalue weighted by Gasteiger charge is -2.27. The summed E-state index contributed by atoms with van der Waals surface area (Å²) in [6, 6.07) is 8.32. The average Bonchev–Trinajstić information content (AvgIpc) is 2.82. The maximum Gasteiger partial charge on any atom is 0.215 e. The Labute approximate surface area is 127 Å². The highest BCUT2D eigenvalue weighted by molar-refractivity contribution is 7.71. The maximum atomic E-state index is 5.15. The fourth-order valence-corrected chi connectivity index (χ4v) is 3.30. The molecule has 108 valence electrons. The van der Waals surface area contributed by atoms with Crippen LogP contribution in [0.4, 0.5) is 0 Å². The first-order valence-electron chi connectivity index (χ1n) is 7.39. The summed E-state index contributed by atoms with van der Waals surface area (Å²) in [6.07, 6.45) is 3.90. The summed E-state index contributed by atoms with van der Waals surface area (Å²) in [4.78, 5) is 6.99. The van der Waals surface area contributed by atoms with E-state index in [-0.39, 0.29) is 0 Å². The van der Waals surface area contributed by atoms with E-state index in [1.54, 1.807) is 0 Å². The molecule has 5 nitrogen and oxygen atoms in total. The number of likely N-dealkylation sites (tertiary alicyclic amines) is 1. The van der Waals surface area contributed by atoms with E-state index in [0.29, 0.717) is 4.77 Å². The van der Waals surface area contributed by atoms with Crippen molar-refractivity contribution in [3.05, 3.63) is 29.0 Å². The van der Waals surface area contributed by atoms with Gasteiger partial charge in [0.25, 0.3) is 0 Å². The van der Waals surface area contributed by atoms with Crippen LogP contribution in [0.3, 0.4) is 0 Å². The van der Waals surface area contributed by atoms with Crippen LogP contribution in [0.2, 0.25) is 0 Å². The van der Waals surface area contributed by atoms with Gasteiger partial charge in [-0.3, -0.25) is 10.00 Å². The first kappa shape index (κ1) is 12.9. The molecule has 0 unspecified atom stereocenters. The van der Waals surface area contributed by atoms with Gasteiger partial charge in [0, 0.05) is 5.39 Å². The highest BCUT2D eigenvalue weighted by atomic mass is 32.1. The van der Waals surface area contributed by atoms with E-state index in [0.717, 1.165) is 36.3 Å². The minimum absolute atomic E-state index is 0.435. The zero-order chi connectivity index (χ0) is 14.2. The van der Waals surface area contributed by atoms with Gasteiger partial charge >= 0.3 is 0 Å². The first-order chi connectivity index (χ1) is 10.3. The van der Waals surface area contributed by atoms with Crippen LogP contribution >= 0.6 is 12.2 Å². The summed E-state index contributed by atoms with van der Waals surface area (Å²) in [5.41, 5.74) is 2.95. The van der Waals surface area contributed by atoms with Gasteiger partial charge in [0.1, 0.15) is 5.52 Å². The maximum absolute atomic E-state index is 5.15. The van der Waals surface area contributed by atoms with Crippen molar-refractivity contribution in [1.29, 1.82) is 0 Å². The number of nitrogens with zero attached hydrogens (tertiary/aromatic N) is 4. The third kappa shape index (κ3) is 2.24. The smallest absolute Gasteiger partial charge is 0.215 e. The number of benzene rings is 1. The van der Waals surface area contributed by atoms with Crippen LogP contribution in [-0.2, 0) is 6.67 Å². The fourth-order valence-electron chi connectivity index (χ4n) is 3.16. The van der Waals surface area contributed by atoms with E-state index in [9.17, 15) is 0 Å². The standard InChI is InChI=1S/C15H17N5S/c21-15-16-14-13(17-18-15)11-6-2-3-7-12(11)20(14)10-19-8-4-1-5-9-19/h2-3,6-7H,1,4-5,8-10H2,(H,16,18,21). The van der Waals surface area contributed by atoms with Gasteiger partial charge in [-0.05, 0) is 44.2 Å². The van der Waals surface area contributed by atoms with Gasteiger partial charge in [0.05, 0.1) is 12.2 Å². The van der Waals surface area contributed by atoms with Crippen LogP contribution < -0.4 is 0 Å². The lowest BCUT2D eigenvalue weighted by molar-refractivity contribution is 0.187. The van der Waals surface area contributed by atoms with Crippen LogP contribution in [0.25, 0.3) is 22.1 Å². The number of rotatable bonds is 2. The summed E-state index contributed by atoms with van der Waals surface area (Å²) < 4.78 is 2.68. The van der Waals surface area contributed by atoms with Gasteiger partial charge in [-0.15, -0.1) is 0 Å². The number of hydrogen-bond acceptors (Lipinski definition) is 4. The van der Waals surface area contributed by atoms with Gasteiger partial charge in [-0.25, -0.2) is 0 Å². The van der Waals surface area contributed by atoms with Gasteiger partial charge in [-0.2, -0.15) is 10.1 Å². The van der Waals surface area contributed by atoms with E-state index < -0.39 is 0 Å². The Hall–Kier alpha value is -1.79. The van der Waals surface area contributed by atoms with Crippen LogP contribution in [-0.4, -0.2) is 37.7 Å². The second kappa shape index (κ2) is 5.20. The topological polar surface area (TPSA) is 49.7 Å². The molecule has 0 atom stereocenters. The molecule has 4 rings (SSSR count). The van der Waals surface area contributed by atoms with Crippen LogP contribution in [0, 0.1) is 4.77 Å². The molecule has 0 radical (unpaired) electrons. The summed E-state index contributed by atoms with van der Waals surface area (Å²) >= 11 is 5.15. The minimum Gasteiger partial charge on any atom is -0.310 e. The number of piperidine rings is 1. The molecule has 1 fully saturated rings. The highest BCUT2D eigenvalue weighted by Gasteiger charge is 2.16. The van der Waals surface area contributed by atoms with Crippen molar-refractivity contribution >= 4 is 34.3 Å². The Bertz CT molecular complexity index is 844. The molecule has 21 heavy (non-hydrogen) atoms. The number of H-pyrrole nitrogens is 1. The zero-order valence-corrected chi connectivity index (χ0v) is 12.6. The zero-order valence-electron chi connectivity index (χ0n) is 11.7. The minimum atomic E-state index is 0.435. The molecule has 6 heteroatoms. The molecule has 3 aromatic rings. The monoisotopic (exact) mass is 299 g/mol. The predicted molar refractivity (Wildman–Crippen MR) is 85.6 cm³/mol. The molecule has 0 amide bonds. The van der Waals surface area contributed by atoms with E-state index in [1.807, 2.05) is 6.07 Å². The molecule has 2 aromatic heterocycles. The number of fused-ring (bicyclic) bond motifs is 3. The molecule has 1 aliphatic heterocycles. The second-order valence-corrected chi connectivity index (χ2v) is 5.96. The molecule has 3 heterocycles. The van der Waals surface area contributed by atoms with Gasteiger partial charge in [-0.1, -0.05) is 24.6 Å². The molecule has 0 saturated carbocycles. The average molecular weight is 299 g/mol. The lowest BCUT2D eigenvalue weighted by Crippen LogP contribution is -2.31. The number of aromatic amines is 1. The lowest BCUT2D eigenvalue weighted by atomic mass is 10.1. The Balaban J connectivity index is 1.91. The number of para-hydroxylation sites is 1. The highest BCUT2D eigenvalue weighted by Crippen LogP contribution is 2.26. The van der Waals surface area contributed by atoms with E-state index in [2.05, 4.69) is 42.8 Å². The molecule has 0 aliphatic carbocycles. The van der Waals surface area contributed by atoms with Gasteiger partial charge in [0.15, 0.2) is 5.65 Å². The van der Waals surface area contributed by atoms with Crippen LogP contribution in [0.15, 0.2) is 24.3 Å². The van der Waals surface area contributed by atoms with Crippen LogP contribution in [0.1, 0.15) is 19.3 Å². The summed E-state index contributed by atoms with van der Waals surface area (Å²) in [7, 11) is 0. The third-order valence-electron chi connectivity index (χ3n) is 4.18. The SMILES string of the molecule is S=c1nc2c(n[nH]1)c1ccccc1n2CN1CCCCC1. The molecule has 1 aromatic carbocycles. The number of nitrogens with one attached hydrogen (secondary N) is 1. The molecular formula is C15H17N5S. The Morgan fingerprint density at radius 2 is 1.95 bits per heavy atom. The van der Waals surface area contributed by atoms with Gasteiger partial charge < -0.3 is 4.57 Å². The predicted octanol–water partition coefficient (Wildman–Crippen LogP) is 3.09. The summed E-state index contributed by atoms with van der Waals surface area (Å²) in [6.45, 7) is 3.17. The normalized spacial score (nSPS) is 16.8. The quantitative estimate of drug-likeness (QED) is 0.739. The summed E-state index contributed by atoms with van der Waals surface area (Å²) in [5, 5.41) is 8.33. The Kier molecular flexibility index (Phi) is 3.20. The van der Waals surface area contributed by atoms with Crippen molar-refractivity contribution in [3.8, 4) is 0 Å². The molecular weight excluding hydrogens is 282 g/mol. The second-order valence-electron chi connectivity index (χ2n) is 5.58. The van der Waals surface area contributed by atoms with E-state index in [1.165, 1.54) is 24.8 Å². The first-order valence-corrected chi connectivity index (χ1v) is 7.80. The van der Waals surface area contributed by atoms with Crippen molar-refractivity contribution in [1.82, 2.24) is 24.6 Å². The van der Waals surface area contributed by atoms with Crippen molar-refractivity contribution in [2.24, 2.45) is 0 Å². The Morgan fingerprint density at radius 3 is 2.81 bits per heavy atom. The summed E-state index contributed by atoms with van der Waals surface area (Å²) in [5.74, 6) is 0. The fraction of sp³-hybridized carbons (Fsp3) is 0.400. The van der Waals surface area contributed by atoms with E-state index >= 15 is 0 Å². The number of aromatic nitrogens is 4. The van der Waals surface area contributed by atoms with Crippen LogP contribution in [0.5, 0.6) is 0 Å². The van der Waals surface area contributed by atoms with Crippen molar-refractivity contribution < 1.29 is 0 Å². The van der Waals surface area contributed by atoms with Gasteiger partial charge in [0.2, 0.25) is 4.77 Å². The molecule has 0 bridgehead atoms. The van der Waals surface area contributed by atoms with Crippen molar-refractivity contribution in [2.75, 3.05) is 13.1 Å². The molecule has 0 spiro atoms. The van der Waals surface area contributed by atoms with E-state index in [4.69, 9.17) is 12.2 Å². The third-order valence-corrected chi connectivity index (χ3v) is 4.36. The molecule has 1 aliphatic rings. The largest absolute Gasteiger partial charge is 0.310 e. The Morgan fingerprint density at radius 1 is 1.14 bits per heavy atom. The molecule has 1 N–H and O–H groups in total. The van der Waals surface area contributed by atoms with Crippen molar-refractivity contribution in [3.63, 3.8) is 0 Å². The van der Waals surface area contributed by atoms with Crippen molar-refractivity contribution in [2.45, 2.75) is 25.9 Å². The molecule has 1 saturated heterocycles. The number of hydrogen-bond donors (Lipinski definition) is 1.